The highest BCUT2D eigenvalue weighted by molar-refractivity contribution is 6.13. The molecule has 8 rings (SSSR count). The highest BCUT2D eigenvalue weighted by Gasteiger charge is 2.15. The van der Waals surface area contributed by atoms with Crippen molar-refractivity contribution in [3.63, 3.8) is 0 Å². The van der Waals surface area contributed by atoms with Gasteiger partial charge >= 0.3 is 0 Å². The summed E-state index contributed by atoms with van der Waals surface area (Å²) >= 11 is 0. The normalized spacial score (nSPS) is 11.4. The van der Waals surface area contributed by atoms with Gasteiger partial charge in [0.15, 0.2) is 5.82 Å². The van der Waals surface area contributed by atoms with E-state index in [-0.39, 0.29) is 0 Å². The third kappa shape index (κ3) is 6.41. The first-order chi connectivity index (χ1) is 24.7. The number of allylic oxidation sites excluding steroid dienone is 1. The van der Waals surface area contributed by atoms with E-state index in [0.717, 1.165) is 66.7 Å². The molecule has 0 amide bonds. The minimum atomic E-state index is 0.458. The second-order valence-electron chi connectivity index (χ2n) is 12.2. The summed E-state index contributed by atoms with van der Waals surface area (Å²) in [5, 5.41) is 11.2. The molecule has 0 fully saturated rings. The van der Waals surface area contributed by atoms with E-state index < -0.39 is 0 Å². The first-order valence-corrected chi connectivity index (χ1v) is 16.7. The van der Waals surface area contributed by atoms with Gasteiger partial charge < -0.3 is 5.41 Å². The lowest BCUT2D eigenvalue weighted by Crippen LogP contribution is -1.99. The Morgan fingerprint density at radius 1 is 0.420 bits per heavy atom. The highest BCUT2D eigenvalue weighted by Crippen LogP contribution is 2.35. The molecule has 0 unspecified atom stereocenters. The fourth-order valence-corrected chi connectivity index (χ4v) is 6.37. The van der Waals surface area contributed by atoms with E-state index in [1.165, 1.54) is 5.56 Å². The van der Waals surface area contributed by atoms with Crippen LogP contribution in [0, 0.1) is 5.41 Å². The Kier molecular flexibility index (Phi) is 8.45. The molecule has 7 aromatic carbocycles. The van der Waals surface area contributed by atoms with Crippen molar-refractivity contribution in [2.75, 3.05) is 0 Å². The molecular weight excluding hydrogens is 607 g/mol. The largest absolute Gasteiger partial charge is 0.300 e. The quantitative estimate of drug-likeness (QED) is 0.168. The van der Waals surface area contributed by atoms with Crippen LogP contribution < -0.4 is 0 Å². The number of nitrogens with one attached hydrogen (secondary N) is 1. The zero-order chi connectivity index (χ0) is 33.7. The predicted molar refractivity (Wildman–Crippen MR) is 208 cm³/mol. The molecule has 3 heteroatoms. The maximum absolute atomic E-state index is 9.02. The fourth-order valence-electron chi connectivity index (χ4n) is 6.37. The summed E-state index contributed by atoms with van der Waals surface area (Å²) in [6.45, 7) is 0. The van der Waals surface area contributed by atoms with Crippen molar-refractivity contribution in [2.24, 2.45) is 0 Å². The minimum Gasteiger partial charge on any atom is -0.300 e. The number of fused-ring (bicyclic) bond motifs is 1. The Labute approximate surface area is 292 Å². The summed E-state index contributed by atoms with van der Waals surface area (Å²) in [5.41, 5.74) is 11.5. The molecule has 0 spiro atoms. The summed E-state index contributed by atoms with van der Waals surface area (Å²) in [4.78, 5) is 10.3. The molecule has 0 saturated heterocycles. The molecule has 0 saturated carbocycles. The van der Waals surface area contributed by atoms with E-state index >= 15 is 0 Å². The van der Waals surface area contributed by atoms with E-state index in [0.29, 0.717) is 11.5 Å². The van der Waals surface area contributed by atoms with Gasteiger partial charge in [0.05, 0.1) is 17.1 Å². The van der Waals surface area contributed by atoms with Gasteiger partial charge in [-0.05, 0) is 62.4 Å². The molecule has 0 aliphatic heterocycles. The van der Waals surface area contributed by atoms with Crippen LogP contribution >= 0.6 is 0 Å². The van der Waals surface area contributed by atoms with Gasteiger partial charge in [-0.2, -0.15) is 0 Å². The SMILES string of the molecule is N=C(/C=C(/c1ccccc1)c1cccc2ccc(-c3nc(-c4ccccc4)cc(-c4ccc(-c5ccccc5)cc4)n3)cc12)c1ccccc1. The van der Waals surface area contributed by atoms with Crippen molar-refractivity contribution in [1.29, 1.82) is 5.41 Å². The van der Waals surface area contributed by atoms with Crippen molar-refractivity contribution >= 4 is 22.1 Å². The van der Waals surface area contributed by atoms with E-state index in [4.69, 9.17) is 15.4 Å². The van der Waals surface area contributed by atoms with Crippen LogP contribution in [-0.4, -0.2) is 15.7 Å². The second kappa shape index (κ2) is 13.8. The summed E-state index contributed by atoms with van der Waals surface area (Å²) in [5.74, 6) is 0.660. The van der Waals surface area contributed by atoms with Gasteiger partial charge in [-0.15, -0.1) is 0 Å². The Bertz CT molecular complexity index is 2450. The Morgan fingerprint density at radius 2 is 0.920 bits per heavy atom. The fraction of sp³-hybridized carbons (Fsp3) is 0. The second-order valence-corrected chi connectivity index (χ2v) is 12.2. The lowest BCUT2D eigenvalue weighted by Gasteiger charge is -2.14. The maximum atomic E-state index is 9.02. The van der Waals surface area contributed by atoms with Crippen LogP contribution in [-0.2, 0) is 0 Å². The zero-order valence-electron chi connectivity index (χ0n) is 27.4. The number of hydrogen-bond donors (Lipinski definition) is 1. The molecule has 236 valence electrons. The standard InChI is InChI=1S/C47H33N3/c48-44(37-18-9-3-10-19-37)31-43(35-16-7-2-8-17-35)41-23-13-22-36-26-29-40(30-42(36)41)47-49-45(38-20-11-4-12-21-38)32-46(50-47)39-27-24-34(25-28-39)33-14-5-1-6-15-33/h1-32,48H/b43-31-,48-44?. The van der Waals surface area contributed by atoms with E-state index in [1.54, 1.807) is 0 Å². The topological polar surface area (TPSA) is 49.6 Å². The number of rotatable bonds is 8. The lowest BCUT2D eigenvalue weighted by atomic mass is 9.90. The molecular formula is C47H33N3. The van der Waals surface area contributed by atoms with Crippen molar-refractivity contribution in [1.82, 2.24) is 9.97 Å². The third-order valence-electron chi connectivity index (χ3n) is 8.97. The van der Waals surface area contributed by atoms with Gasteiger partial charge in [0.1, 0.15) is 0 Å². The maximum Gasteiger partial charge on any atom is 0.160 e. The molecule has 1 heterocycles. The van der Waals surface area contributed by atoms with Crippen LogP contribution in [0.4, 0.5) is 0 Å². The monoisotopic (exact) mass is 639 g/mol. The van der Waals surface area contributed by atoms with Crippen LogP contribution in [0.25, 0.3) is 61.4 Å². The third-order valence-corrected chi connectivity index (χ3v) is 8.97. The molecule has 0 aliphatic carbocycles. The summed E-state index contributed by atoms with van der Waals surface area (Å²) in [6, 6.07) is 64.4. The number of aromatic nitrogens is 2. The first kappa shape index (κ1) is 30.6. The Morgan fingerprint density at radius 3 is 1.56 bits per heavy atom. The van der Waals surface area contributed by atoms with Crippen molar-refractivity contribution in [3.05, 3.63) is 211 Å². The van der Waals surface area contributed by atoms with Crippen molar-refractivity contribution in [2.45, 2.75) is 0 Å². The van der Waals surface area contributed by atoms with E-state index in [2.05, 4.69) is 115 Å². The van der Waals surface area contributed by atoms with Crippen LogP contribution in [0.5, 0.6) is 0 Å². The molecule has 0 radical (unpaired) electrons. The zero-order valence-corrected chi connectivity index (χ0v) is 27.4. The van der Waals surface area contributed by atoms with Gasteiger partial charge in [0.2, 0.25) is 0 Å². The predicted octanol–water partition coefficient (Wildman–Crippen LogP) is 11.8. The van der Waals surface area contributed by atoms with Crippen molar-refractivity contribution < 1.29 is 0 Å². The van der Waals surface area contributed by atoms with Gasteiger partial charge in [-0.25, -0.2) is 9.97 Å². The van der Waals surface area contributed by atoms with Crippen LogP contribution in [0.1, 0.15) is 16.7 Å². The molecule has 50 heavy (non-hydrogen) atoms. The number of benzene rings is 7. The van der Waals surface area contributed by atoms with E-state index in [9.17, 15) is 0 Å². The number of hydrogen-bond acceptors (Lipinski definition) is 3. The highest BCUT2D eigenvalue weighted by atomic mass is 14.9. The lowest BCUT2D eigenvalue weighted by molar-refractivity contribution is 1.18. The summed E-state index contributed by atoms with van der Waals surface area (Å²) in [7, 11) is 0. The smallest absolute Gasteiger partial charge is 0.160 e. The van der Waals surface area contributed by atoms with E-state index in [1.807, 2.05) is 78.9 Å². The molecule has 0 bridgehead atoms. The molecule has 1 N–H and O–H groups in total. The summed E-state index contributed by atoms with van der Waals surface area (Å²) in [6.07, 6.45) is 1.98. The van der Waals surface area contributed by atoms with Gasteiger partial charge in [-0.3, -0.25) is 0 Å². The van der Waals surface area contributed by atoms with Gasteiger partial charge in [-0.1, -0.05) is 176 Å². The van der Waals surface area contributed by atoms with Gasteiger partial charge in [0, 0.05) is 16.7 Å². The van der Waals surface area contributed by atoms with Gasteiger partial charge in [0.25, 0.3) is 0 Å². The summed E-state index contributed by atoms with van der Waals surface area (Å²) < 4.78 is 0. The molecule has 3 nitrogen and oxygen atoms in total. The average Bonchev–Trinajstić information content (AvgIpc) is 3.20. The van der Waals surface area contributed by atoms with Crippen LogP contribution in [0.15, 0.2) is 194 Å². The Hall–Kier alpha value is -6.71. The minimum absolute atomic E-state index is 0.458. The van der Waals surface area contributed by atoms with Crippen molar-refractivity contribution in [3.8, 4) is 45.0 Å². The molecule has 0 aliphatic rings. The first-order valence-electron chi connectivity index (χ1n) is 16.7. The molecule has 1 aromatic heterocycles. The molecule has 0 atom stereocenters. The number of nitrogens with zero attached hydrogens (tertiary/aromatic N) is 2. The molecule has 8 aromatic rings. The average molecular weight is 640 g/mol. The van der Waals surface area contributed by atoms with Crippen LogP contribution in [0.3, 0.4) is 0 Å². The van der Waals surface area contributed by atoms with Crippen LogP contribution in [0.2, 0.25) is 0 Å². The Balaban J connectivity index is 1.27.